The van der Waals surface area contributed by atoms with Crippen LogP contribution in [-0.2, 0) is 11.3 Å². The van der Waals surface area contributed by atoms with Crippen molar-refractivity contribution in [3.8, 4) is 11.1 Å². The first-order chi connectivity index (χ1) is 13.2. The summed E-state index contributed by atoms with van der Waals surface area (Å²) >= 11 is 0. The Morgan fingerprint density at radius 3 is 2.44 bits per heavy atom. The molecule has 2 nitrogen and oxygen atoms in total. The molecular formula is C25H31NO. The van der Waals surface area contributed by atoms with Crippen molar-refractivity contribution in [1.82, 2.24) is 0 Å². The molecule has 1 fully saturated rings. The largest absolute Gasteiger partial charge is 0.389 e. The maximum Gasteiger partial charge on any atom is 0.143 e. The van der Waals surface area contributed by atoms with Crippen LogP contribution in [0.25, 0.3) is 11.1 Å². The summed E-state index contributed by atoms with van der Waals surface area (Å²) in [5.41, 5.74) is 6.34. The lowest BCUT2D eigenvalue weighted by molar-refractivity contribution is -0.0449. The summed E-state index contributed by atoms with van der Waals surface area (Å²) in [6.07, 6.45) is 9.47. The highest BCUT2D eigenvalue weighted by atomic mass is 16.7. The highest BCUT2D eigenvalue weighted by Gasteiger charge is 2.40. The van der Waals surface area contributed by atoms with Crippen molar-refractivity contribution in [2.24, 2.45) is 11.1 Å². The van der Waals surface area contributed by atoms with Crippen molar-refractivity contribution in [3.05, 3.63) is 59.7 Å². The van der Waals surface area contributed by atoms with Gasteiger partial charge in [-0.25, -0.2) is 0 Å². The third-order valence-electron chi connectivity index (χ3n) is 6.32. The third-order valence-corrected chi connectivity index (χ3v) is 6.32. The monoisotopic (exact) mass is 361 g/mol. The van der Waals surface area contributed by atoms with Gasteiger partial charge in [0.15, 0.2) is 0 Å². The molecule has 1 aliphatic heterocycles. The second-order valence-electron chi connectivity index (χ2n) is 8.55. The molecule has 142 valence electrons. The standard InChI is InChI=1S/C25H31NO/c1-3-19(2)14-20-15-22(21-10-6-4-7-11-21)17-23(16-20)24-18-25(27-26-24)12-8-5-9-13-25/h4,6-7,10-11,15-17,19H,3,5,8-9,12-14,18H2,1-2H3. The zero-order valence-electron chi connectivity index (χ0n) is 16.7. The summed E-state index contributed by atoms with van der Waals surface area (Å²) in [4.78, 5) is 6.02. The average molecular weight is 362 g/mol. The van der Waals surface area contributed by atoms with Crippen molar-refractivity contribution in [2.75, 3.05) is 0 Å². The first kappa shape index (κ1) is 18.3. The molecular weight excluding hydrogens is 330 g/mol. The Bertz CT molecular complexity index is 802. The lowest BCUT2D eigenvalue weighted by atomic mass is 9.80. The summed E-state index contributed by atoms with van der Waals surface area (Å²) in [6, 6.07) is 17.7. The van der Waals surface area contributed by atoms with Crippen LogP contribution in [0.4, 0.5) is 0 Å². The van der Waals surface area contributed by atoms with Crippen LogP contribution in [0.1, 0.15) is 69.9 Å². The topological polar surface area (TPSA) is 21.6 Å². The summed E-state index contributed by atoms with van der Waals surface area (Å²) in [7, 11) is 0. The molecule has 0 bridgehead atoms. The van der Waals surface area contributed by atoms with E-state index in [1.807, 2.05) is 0 Å². The van der Waals surface area contributed by atoms with E-state index in [0.717, 1.165) is 31.4 Å². The van der Waals surface area contributed by atoms with Gasteiger partial charge in [0, 0.05) is 12.0 Å². The first-order valence-corrected chi connectivity index (χ1v) is 10.6. The molecule has 27 heavy (non-hydrogen) atoms. The van der Waals surface area contributed by atoms with E-state index in [1.54, 1.807) is 0 Å². The molecule has 1 spiro atoms. The van der Waals surface area contributed by atoms with Gasteiger partial charge >= 0.3 is 0 Å². The van der Waals surface area contributed by atoms with Crippen molar-refractivity contribution in [3.63, 3.8) is 0 Å². The zero-order chi connectivity index (χ0) is 18.7. The number of hydrogen-bond acceptors (Lipinski definition) is 2. The predicted molar refractivity (Wildman–Crippen MR) is 113 cm³/mol. The van der Waals surface area contributed by atoms with Gasteiger partial charge in [0.2, 0.25) is 0 Å². The lowest BCUT2D eigenvalue weighted by Gasteiger charge is -2.30. The van der Waals surface area contributed by atoms with E-state index in [1.165, 1.54) is 47.9 Å². The molecule has 0 N–H and O–H groups in total. The summed E-state index contributed by atoms with van der Waals surface area (Å²) in [6.45, 7) is 4.61. The smallest absolute Gasteiger partial charge is 0.143 e. The van der Waals surface area contributed by atoms with Crippen molar-refractivity contribution in [2.45, 2.75) is 70.8 Å². The number of oxime groups is 1. The molecule has 0 saturated heterocycles. The fraction of sp³-hybridized carbons (Fsp3) is 0.480. The van der Waals surface area contributed by atoms with Gasteiger partial charge in [0.25, 0.3) is 0 Å². The molecule has 1 saturated carbocycles. The number of hydrogen-bond donors (Lipinski definition) is 0. The van der Waals surface area contributed by atoms with Gasteiger partial charge in [-0.1, -0.05) is 68.2 Å². The van der Waals surface area contributed by atoms with Gasteiger partial charge in [0.05, 0.1) is 5.71 Å². The van der Waals surface area contributed by atoms with Crippen LogP contribution in [-0.4, -0.2) is 11.3 Å². The second-order valence-corrected chi connectivity index (χ2v) is 8.55. The quantitative estimate of drug-likeness (QED) is 0.576. The average Bonchev–Trinajstić information content (AvgIpc) is 3.12. The minimum Gasteiger partial charge on any atom is -0.389 e. The van der Waals surface area contributed by atoms with Gasteiger partial charge in [0.1, 0.15) is 5.60 Å². The van der Waals surface area contributed by atoms with E-state index >= 15 is 0 Å². The van der Waals surface area contributed by atoms with Gasteiger partial charge in [-0.3, -0.25) is 0 Å². The van der Waals surface area contributed by atoms with E-state index in [-0.39, 0.29) is 5.60 Å². The van der Waals surface area contributed by atoms with Gasteiger partial charge < -0.3 is 4.84 Å². The molecule has 2 aliphatic rings. The molecule has 4 rings (SSSR count). The van der Waals surface area contributed by atoms with E-state index in [4.69, 9.17) is 4.84 Å². The highest BCUT2D eigenvalue weighted by Crippen LogP contribution is 2.40. The molecule has 1 aliphatic carbocycles. The molecule has 1 atom stereocenters. The molecule has 0 radical (unpaired) electrons. The zero-order valence-corrected chi connectivity index (χ0v) is 16.7. The summed E-state index contributed by atoms with van der Waals surface area (Å²) in [5.74, 6) is 0.690. The number of nitrogens with zero attached hydrogens (tertiary/aromatic N) is 1. The van der Waals surface area contributed by atoms with Gasteiger partial charge in [-0.15, -0.1) is 0 Å². The van der Waals surface area contributed by atoms with E-state index < -0.39 is 0 Å². The molecule has 2 aromatic rings. The lowest BCUT2D eigenvalue weighted by Crippen LogP contribution is -2.31. The first-order valence-electron chi connectivity index (χ1n) is 10.6. The fourth-order valence-electron chi connectivity index (χ4n) is 4.46. The van der Waals surface area contributed by atoms with Crippen LogP contribution < -0.4 is 0 Å². The Morgan fingerprint density at radius 2 is 1.70 bits per heavy atom. The van der Waals surface area contributed by atoms with Crippen LogP contribution in [0.15, 0.2) is 53.7 Å². The minimum atomic E-state index is -0.0206. The fourth-order valence-corrected chi connectivity index (χ4v) is 4.46. The molecule has 1 unspecified atom stereocenters. The maximum atomic E-state index is 6.02. The summed E-state index contributed by atoms with van der Waals surface area (Å²) < 4.78 is 0. The van der Waals surface area contributed by atoms with E-state index in [0.29, 0.717) is 5.92 Å². The maximum absolute atomic E-state index is 6.02. The SMILES string of the molecule is CCC(C)Cc1cc(C2=NOC3(CCCCC3)C2)cc(-c2ccccc2)c1. The Hall–Kier alpha value is -2.09. The molecule has 0 aromatic heterocycles. The molecule has 0 amide bonds. The van der Waals surface area contributed by atoms with Gasteiger partial charge in [-0.2, -0.15) is 0 Å². The van der Waals surface area contributed by atoms with Crippen molar-refractivity contribution < 1.29 is 4.84 Å². The van der Waals surface area contributed by atoms with E-state index in [9.17, 15) is 0 Å². The second kappa shape index (κ2) is 7.88. The van der Waals surface area contributed by atoms with Crippen molar-refractivity contribution in [1.29, 1.82) is 0 Å². The molecule has 2 heteroatoms. The van der Waals surface area contributed by atoms with Crippen LogP contribution >= 0.6 is 0 Å². The summed E-state index contributed by atoms with van der Waals surface area (Å²) in [5, 5.41) is 4.57. The van der Waals surface area contributed by atoms with Crippen LogP contribution in [0.2, 0.25) is 0 Å². The Kier molecular flexibility index (Phi) is 5.33. The Labute approximate surface area is 163 Å². The van der Waals surface area contributed by atoms with Gasteiger partial charge in [-0.05, 0) is 66.8 Å². The van der Waals surface area contributed by atoms with Crippen LogP contribution in [0, 0.1) is 5.92 Å². The number of benzene rings is 2. The van der Waals surface area contributed by atoms with Crippen LogP contribution in [0.5, 0.6) is 0 Å². The highest BCUT2D eigenvalue weighted by molar-refractivity contribution is 6.02. The van der Waals surface area contributed by atoms with Crippen molar-refractivity contribution >= 4 is 5.71 Å². The third kappa shape index (κ3) is 4.10. The Balaban J connectivity index is 1.66. The van der Waals surface area contributed by atoms with E-state index in [2.05, 4.69) is 67.5 Å². The predicted octanol–water partition coefficient (Wildman–Crippen LogP) is 6.77. The Morgan fingerprint density at radius 1 is 0.963 bits per heavy atom. The minimum absolute atomic E-state index is 0.0206. The van der Waals surface area contributed by atoms with Crippen LogP contribution in [0.3, 0.4) is 0 Å². The molecule has 1 heterocycles. The normalized spacial score (nSPS) is 19.6. The number of rotatable bonds is 5. The molecule has 2 aromatic carbocycles.